The van der Waals surface area contributed by atoms with Crippen LogP contribution in [-0.2, 0) is 17.8 Å². The van der Waals surface area contributed by atoms with E-state index in [1.165, 1.54) is 0 Å². The van der Waals surface area contributed by atoms with Crippen molar-refractivity contribution in [3.05, 3.63) is 63.0 Å². The number of fused-ring (bicyclic) bond motifs is 2. The monoisotopic (exact) mass is 354 g/mol. The molecule has 6 nitrogen and oxygen atoms in total. The van der Waals surface area contributed by atoms with Gasteiger partial charge in [0.15, 0.2) is 0 Å². The average Bonchev–Trinajstić information content (AvgIpc) is 2.87. The molecule has 1 aromatic carbocycles. The Morgan fingerprint density at radius 1 is 1.28 bits per heavy atom. The molecular weight excluding hydrogens is 340 g/mol. The first-order valence-corrected chi connectivity index (χ1v) is 8.20. The van der Waals surface area contributed by atoms with Crippen LogP contribution in [0.2, 0.25) is 5.02 Å². The van der Waals surface area contributed by atoms with Gasteiger partial charge in [-0.3, -0.25) is 9.59 Å². The summed E-state index contributed by atoms with van der Waals surface area (Å²) in [5.41, 5.74) is 2.94. The standard InChI is InChI=1S/C18H15ClN4O2/c1-23-15-9-21-16(6-11(15)7-17(23)24)20-8-12-4-10-5-13(19)2-3-14(10)22-18(12)25/h2-6,9H,7-8H2,1H3,(H,20,21)(H,22,25). The fraction of sp³-hybridized carbons (Fsp3) is 0.167. The van der Waals surface area contributed by atoms with Gasteiger partial charge in [-0.25, -0.2) is 4.98 Å². The number of aromatic amines is 1. The Bertz CT molecular complexity index is 1060. The van der Waals surface area contributed by atoms with Crippen LogP contribution in [0, 0.1) is 0 Å². The number of anilines is 2. The molecule has 126 valence electrons. The molecule has 0 fully saturated rings. The molecular formula is C18H15ClN4O2. The van der Waals surface area contributed by atoms with Crippen LogP contribution in [0.25, 0.3) is 10.9 Å². The number of pyridine rings is 2. The molecule has 3 aromatic rings. The fourth-order valence-electron chi connectivity index (χ4n) is 2.99. The van der Waals surface area contributed by atoms with Crippen molar-refractivity contribution in [1.82, 2.24) is 9.97 Å². The number of aromatic nitrogens is 2. The average molecular weight is 355 g/mol. The molecule has 0 saturated carbocycles. The quantitative estimate of drug-likeness (QED) is 0.758. The number of carbonyl (C=O) groups is 1. The molecule has 0 spiro atoms. The summed E-state index contributed by atoms with van der Waals surface area (Å²) in [5, 5.41) is 4.64. The van der Waals surface area contributed by atoms with E-state index in [4.69, 9.17) is 11.6 Å². The van der Waals surface area contributed by atoms with Crippen molar-refractivity contribution < 1.29 is 4.79 Å². The van der Waals surface area contributed by atoms with Crippen molar-refractivity contribution in [3.8, 4) is 0 Å². The van der Waals surface area contributed by atoms with Crippen LogP contribution in [0.5, 0.6) is 0 Å². The van der Waals surface area contributed by atoms with Crippen molar-refractivity contribution >= 4 is 39.9 Å². The Labute approximate surface area is 148 Å². The first kappa shape index (κ1) is 15.7. The number of likely N-dealkylation sites (N-methyl/N-ethyl adjacent to an activating group) is 1. The van der Waals surface area contributed by atoms with Gasteiger partial charge in [0.1, 0.15) is 5.82 Å². The normalized spacial score (nSPS) is 13.4. The van der Waals surface area contributed by atoms with Crippen LogP contribution in [0.3, 0.4) is 0 Å². The van der Waals surface area contributed by atoms with E-state index in [2.05, 4.69) is 15.3 Å². The van der Waals surface area contributed by atoms with Crippen molar-refractivity contribution in [2.45, 2.75) is 13.0 Å². The first-order valence-electron chi connectivity index (χ1n) is 7.82. The van der Waals surface area contributed by atoms with Crippen LogP contribution in [-0.4, -0.2) is 22.9 Å². The molecule has 0 bridgehead atoms. The smallest absolute Gasteiger partial charge is 0.253 e. The van der Waals surface area contributed by atoms with Crippen LogP contribution in [0.1, 0.15) is 11.1 Å². The second kappa shape index (κ2) is 5.89. The number of halogens is 1. The number of nitrogens with zero attached hydrogens (tertiary/aromatic N) is 2. The van der Waals surface area contributed by atoms with Gasteiger partial charge >= 0.3 is 0 Å². The van der Waals surface area contributed by atoms with E-state index < -0.39 is 0 Å². The van der Waals surface area contributed by atoms with Gasteiger partial charge in [-0.15, -0.1) is 0 Å². The molecule has 0 atom stereocenters. The number of H-pyrrole nitrogens is 1. The number of carbonyl (C=O) groups excluding carboxylic acids is 1. The number of nitrogens with one attached hydrogen (secondary N) is 2. The maximum Gasteiger partial charge on any atom is 0.253 e. The largest absolute Gasteiger partial charge is 0.366 e. The molecule has 0 radical (unpaired) electrons. The van der Waals surface area contributed by atoms with E-state index in [9.17, 15) is 9.59 Å². The molecule has 1 aliphatic heterocycles. The summed E-state index contributed by atoms with van der Waals surface area (Å²) in [5.74, 6) is 0.684. The summed E-state index contributed by atoms with van der Waals surface area (Å²) in [6.45, 7) is 0.327. The SMILES string of the molecule is CN1C(=O)Cc2cc(NCc3cc4cc(Cl)ccc4[nH]c3=O)ncc21. The molecule has 7 heteroatoms. The third-order valence-electron chi connectivity index (χ3n) is 4.39. The Morgan fingerprint density at radius 2 is 2.12 bits per heavy atom. The van der Waals surface area contributed by atoms with Gasteiger partial charge in [-0.1, -0.05) is 11.6 Å². The second-order valence-electron chi connectivity index (χ2n) is 6.04. The van der Waals surface area contributed by atoms with Gasteiger partial charge in [0.05, 0.1) is 18.3 Å². The zero-order valence-corrected chi connectivity index (χ0v) is 14.2. The lowest BCUT2D eigenvalue weighted by molar-refractivity contribution is -0.117. The van der Waals surface area contributed by atoms with E-state index >= 15 is 0 Å². The van der Waals surface area contributed by atoms with Gasteiger partial charge in [0, 0.05) is 35.1 Å². The van der Waals surface area contributed by atoms with Crippen molar-refractivity contribution in [2.24, 2.45) is 0 Å². The Morgan fingerprint density at radius 3 is 2.96 bits per heavy atom. The van der Waals surface area contributed by atoms with Gasteiger partial charge < -0.3 is 15.2 Å². The summed E-state index contributed by atoms with van der Waals surface area (Å²) in [6.07, 6.45) is 2.05. The van der Waals surface area contributed by atoms with Gasteiger partial charge in [0.2, 0.25) is 5.91 Å². The van der Waals surface area contributed by atoms with Crippen molar-refractivity contribution in [2.75, 3.05) is 17.3 Å². The molecule has 3 heterocycles. The third kappa shape index (κ3) is 2.85. The lowest BCUT2D eigenvalue weighted by atomic mass is 10.1. The highest BCUT2D eigenvalue weighted by atomic mass is 35.5. The fourth-order valence-corrected chi connectivity index (χ4v) is 3.17. The molecule has 1 amide bonds. The molecule has 0 unspecified atom stereocenters. The van der Waals surface area contributed by atoms with Crippen LogP contribution in [0.15, 0.2) is 41.3 Å². The predicted molar refractivity (Wildman–Crippen MR) is 98.3 cm³/mol. The topological polar surface area (TPSA) is 78.1 Å². The highest BCUT2D eigenvalue weighted by Crippen LogP contribution is 2.28. The van der Waals surface area contributed by atoms with E-state index in [0.29, 0.717) is 29.4 Å². The van der Waals surface area contributed by atoms with E-state index in [0.717, 1.165) is 22.2 Å². The maximum atomic E-state index is 12.2. The van der Waals surface area contributed by atoms with E-state index in [1.54, 1.807) is 30.3 Å². The van der Waals surface area contributed by atoms with Crippen molar-refractivity contribution in [3.63, 3.8) is 0 Å². The van der Waals surface area contributed by atoms with Crippen LogP contribution < -0.4 is 15.8 Å². The second-order valence-corrected chi connectivity index (χ2v) is 6.47. The first-order chi connectivity index (χ1) is 12.0. The Kier molecular flexibility index (Phi) is 3.69. The lowest BCUT2D eigenvalue weighted by Gasteiger charge is -2.11. The molecule has 0 saturated heterocycles. The van der Waals surface area contributed by atoms with Gasteiger partial charge in [0.25, 0.3) is 5.56 Å². The lowest BCUT2D eigenvalue weighted by Crippen LogP contribution is -2.20. The summed E-state index contributed by atoms with van der Waals surface area (Å²) in [7, 11) is 1.74. The maximum absolute atomic E-state index is 12.2. The summed E-state index contributed by atoms with van der Waals surface area (Å²) in [6, 6.07) is 9.00. The van der Waals surface area contributed by atoms with E-state index in [1.807, 2.05) is 18.2 Å². The number of benzene rings is 1. The highest BCUT2D eigenvalue weighted by Gasteiger charge is 2.24. The summed E-state index contributed by atoms with van der Waals surface area (Å²) >= 11 is 6.01. The third-order valence-corrected chi connectivity index (χ3v) is 4.62. The van der Waals surface area contributed by atoms with Gasteiger partial charge in [-0.2, -0.15) is 0 Å². The predicted octanol–water partition coefficient (Wildman–Crippen LogP) is 2.71. The Balaban J connectivity index is 1.59. The molecule has 25 heavy (non-hydrogen) atoms. The molecule has 0 aliphatic carbocycles. The van der Waals surface area contributed by atoms with Crippen LogP contribution in [0.4, 0.5) is 11.5 Å². The Hall–Kier alpha value is -2.86. The molecule has 2 aromatic heterocycles. The summed E-state index contributed by atoms with van der Waals surface area (Å²) in [4.78, 5) is 32.7. The minimum Gasteiger partial charge on any atom is -0.366 e. The number of hydrogen-bond donors (Lipinski definition) is 2. The molecule has 1 aliphatic rings. The number of amides is 1. The van der Waals surface area contributed by atoms with Crippen molar-refractivity contribution in [1.29, 1.82) is 0 Å². The highest BCUT2D eigenvalue weighted by molar-refractivity contribution is 6.31. The minimum atomic E-state index is -0.154. The number of rotatable bonds is 3. The minimum absolute atomic E-state index is 0.0526. The zero-order chi connectivity index (χ0) is 17.6. The summed E-state index contributed by atoms with van der Waals surface area (Å²) < 4.78 is 0. The molecule has 4 rings (SSSR count). The van der Waals surface area contributed by atoms with Crippen LogP contribution >= 0.6 is 11.6 Å². The van der Waals surface area contributed by atoms with Gasteiger partial charge in [-0.05, 0) is 35.9 Å². The van der Waals surface area contributed by atoms with E-state index in [-0.39, 0.29) is 11.5 Å². The molecule has 2 N–H and O–H groups in total. The zero-order valence-electron chi connectivity index (χ0n) is 13.5. The number of hydrogen-bond acceptors (Lipinski definition) is 4.